The van der Waals surface area contributed by atoms with Crippen LogP contribution >= 0.6 is 27.3 Å². The molecule has 3 heterocycles. The van der Waals surface area contributed by atoms with Gasteiger partial charge in [-0.15, -0.1) is 11.3 Å². The summed E-state index contributed by atoms with van der Waals surface area (Å²) in [5.41, 5.74) is 7.28. The fraction of sp³-hybridized carbons (Fsp3) is 0.357. The quantitative estimate of drug-likeness (QED) is 0.650. The Labute approximate surface area is 141 Å². The molecule has 0 spiro atoms. The van der Waals surface area contributed by atoms with Crippen molar-refractivity contribution >= 4 is 39.2 Å². The molecule has 22 heavy (non-hydrogen) atoms. The molecule has 0 amide bonds. The highest BCUT2D eigenvalue weighted by molar-refractivity contribution is 9.11. The molecule has 3 rings (SSSR count). The average molecular weight is 381 g/mol. The van der Waals surface area contributed by atoms with Gasteiger partial charge in [0.1, 0.15) is 0 Å². The number of halogens is 1. The van der Waals surface area contributed by atoms with E-state index in [1.165, 1.54) is 5.56 Å². The van der Waals surface area contributed by atoms with E-state index in [1.807, 2.05) is 11.4 Å². The summed E-state index contributed by atoms with van der Waals surface area (Å²) in [5, 5.41) is 2.05. The first-order valence-electron chi connectivity index (χ1n) is 7.03. The number of guanidine groups is 1. The maximum Gasteiger partial charge on any atom is 0.225 e. The van der Waals surface area contributed by atoms with E-state index in [9.17, 15) is 0 Å². The Bertz CT molecular complexity index is 636. The van der Waals surface area contributed by atoms with Crippen molar-refractivity contribution in [3.63, 3.8) is 0 Å². The van der Waals surface area contributed by atoms with E-state index in [0.29, 0.717) is 12.5 Å². The maximum absolute atomic E-state index is 6.11. The van der Waals surface area contributed by atoms with Crippen LogP contribution in [-0.2, 0) is 6.54 Å². The highest BCUT2D eigenvalue weighted by Crippen LogP contribution is 2.24. The molecule has 8 heteroatoms. The Morgan fingerprint density at radius 3 is 2.64 bits per heavy atom. The molecule has 2 aromatic heterocycles. The van der Waals surface area contributed by atoms with Gasteiger partial charge in [0, 0.05) is 38.6 Å². The predicted molar refractivity (Wildman–Crippen MR) is 93.2 cm³/mol. The lowest BCUT2D eigenvalue weighted by atomic mass is 10.3. The maximum atomic E-state index is 6.11. The first kappa shape index (κ1) is 15.2. The summed E-state index contributed by atoms with van der Waals surface area (Å²) in [7, 11) is 0. The van der Waals surface area contributed by atoms with Crippen molar-refractivity contribution in [2.45, 2.75) is 6.54 Å². The standard InChI is InChI=1S/C14H17BrN6S/c15-12-11(2-9-22-12)10-19-13(16)20-5-7-21(8-6-20)14-17-3-1-4-18-14/h1-4,9H,5-8,10H2,(H2,16,19). The first-order chi connectivity index (χ1) is 10.7. The summed E-state index contributed by atoms with van der Waals surface area (Å²) in [6.07, 6.45) is 3.53. The Morgan fingerprint density at radius 2 is 2.00 bits per heavy atom. The van der Waals surface area contributed by atoms with Gasteiger partial charge in [0.2, 0.25) is 5.95 Å². The van der Waals surface area contributed by atoms with E-state index in [4.69, 9.17) is 5.73 Å². The van der Waals surface area contributed by atoms with Crippen LogP contribution in [0.2, 0.25) is 0 Å². The third-order valence-electron chi connectivity index (χ3n) is 3.54. The van der Waals surface area contributed by atoms with Gasteiger partial charge in [0.25, 0.3) is 0 Å². The molecule has 0 aliphatic carbocycles. The third kappa shape index (κ3) is 3.56. The highest BCUT2D eigenvalue weighted by Gasteiger charge is 2.19. The van der Waals surface area contributed by atoms with E-state index < -0.39 is 0 Å². The van der Waals surface area contributed by atoms with Crippen LogP contribution in [0.5, 0.6) is 0 Å². The monoisotopic (exact) mass is 380 g/mol. The van der Waals surface area contributed by atoms with Gasteiger partial charge in [-0.2, -0.15) is 0 Å². The summed E-state index contributed by atoms with van der Waals surface area (Å²) < 4.78 is 1.12. The van der Waals surface area contributed by atoms with Crippen molar-refractivity contribution in [2.75, 3.05) is 31.1 Å². The van der Waals surface area contributed by atoms with Crippen LogP contribution in [0.25, 0.3) is 0 Å². The normalized spacial score (nSPS) is 16.1. The van der Waals surface area contributed by atoms with Crippen molar-refractivity contribution in [1.82, 2.24) is 14.9 Å². The number of aliphatic imine (C=N–C) groups is 1. The Kier molecular flexibility index (Phi) is 4.89. The lowest BCUT2D eigenvalue weighted by molar-refractivity contribution is 0.378. The first-order valence-corrected chi connectivity index (χ1v) is 8.70. The zero-order chi connectivity index (χ0) is 15.4. The Hall–Kier alpha value is -1.67. The van der Waals surface area contributed by atoms with Gasteiger partial charge in [-0.3, -0.25) is 0 Å². The van der Waals surface area contributed by atoms with Gasteiger partial charge >= 0.3 is 0 Å². The highest BCUT2D eigenvalue weighted by atomic mass is 79.9. The average Bonchev–Trinajstić information content (AvgIpc) is 2.99. The number of hydrogen-bond acceptors (Lipinski definition) is 5. The van der Waals surface area contributed by atoms with Gasteiger partial charge in [-0.25, -0.2) is 15.0 Å². The van der Waals surface area contributed by atoms with Crippen molar-refractivity contribution in [3.05, 3.63) is 39.3 Å². The van der Waals surface area contributed by atoms with Crippen molar-refractivity contribution in [1.29, 1.82) is 0 Å². The number of thiophene rings is 1. The second-order valence-corrected chi connectivity index (χ2v) is 7.15. The molecule has 0 bridgehead atoms. The SMILES string of the molecule is NC(=NCc1ccsc1Br)N1CCN(c2ncccn2)CC1. The summed E-state index contributed by atoms with van der Waals surface area (Å²) >= 11 is 5.18. The van der Waals surface area contributed by atoms with E-state index >= 15 is 0 Å². The molecule has 2 aromatic rings. The van der Waals surface area contributed by atoms with E-state index in [0.717, 1.165) is 35.9 Å². The molecule has 1 fully saturated rings. The van der Waals surface area contributed by atoms with Crippen LogP contribution in [0.1, 0.15) is 5.56 Å². The molecular weight excluding hydrogens is 364 g/mol. The predicted octanol–water partition coefficient (Wildman–Crippen LogP) is 1.94. The molecule has 0 aromatic carbocycles. The van der Waals surface area contributed by atoms with Gasteiger partial charge in [0.05, 0.1) is 10.3 Å². The molecule has 1 saturated heterocycles. The molecule has 116 valence electrons. The second-order valence-electron chi connectivity index (χ2n) is 4.92. The lowest BCUT2D eigenvalue weighted by Crippen LogP contribution is -2.51. The van der Waals surface area contributed by atoms with Gasteiger partial charge in [-0.05, 0) is 39.0 Å². The summed E-state index contributed by atoms with van der Waals surface area (Å²) in [4.78, 5) is 17.3. The summed E-state index contributed by atoms with van der Waals surface area (Å²) in [6, 6.07) is 3.89. The smallest absolute Gasteiger partial charge is 0.225 e. The number of nitrogens with zero attached hydrogens (tertiary/aromatic N) is 5. The topological polar surface area (TPSA) is 70.6 Å². The van der Waals surface area contributed by atoms with Crippen LogP contribution in [0.15, 0.2) is 38.7 Å². The molecule has 0 radical (unpaired) electrons. The second kappa shape index (κ2) is 7.06. The third-order valence-corrected chi connectivity index (χ3v) is 5.35. The summed E-state index contributed by atoms with van der Waals surface area (Å²) in [6.45, 7) is 3.97. The number of aromatic nitrogens is 2. The van der Waals surface area contributed by atoms with Crippen molar-refractivity contribution in [3.8, 4) is 0 Å². The van der Waals surface area contributed by atoms with E-state index in [-0.39, 0.29) is 0 Å². The van der Waals surface area contributed by atoms with Crippen molar-refractivity contribution < 1.29 is 0 Å². The van der Waals surface area contributed by atoms with Gasteiger partial charge in [0.15, 0.2) is 5.96 Å². The molecule has 0 atom stereocenters. The van der Waals surface area contributed by atoms with E-state index in [1.54, 1.807) is 23.7 Å². The minimum absolute atomic E-state index is 0.603. The molecule has 1 aliphatic heterocycles. The van der Waals surface area contributed by atoms with Crippen LogP contribution in [0.3, 0.4) is 0 Å². The van der Waals surface area contributed by atoms with Crippen LogP contribution < -0.4 is 10.6 Å². The zero-order valence-corrected chi connectivity index (χ0v) is 14.4. The number of rotatable bonds is 3. The fourth-order valence-electron chi connectivity index (χ4n) is 2.29. The minimum atomic E-state index is 0.603. The zero-order valence-electron chi connectivity index (χ0n) is 12.0. The molecule has 0 saturated carbocycles. The van der Waals surface area contributed by atoms with Gasteiger partial charge in [-0.1, -0.05) is 0 Å². The molecule has 1 aliphatic rings. The Morgan fingerprint density at radius 1 is 1.27 bits per heavy atom. The molecule has 6 nitrogen and oxygen atoms in total. The van der Waals surface area contributed by atoms with Crippen LogP contribution in [-0.4, -0.2) is 47.0 Å². The summed E-state index contributed by atoms with van der Waals surface area (Å²) in [5.74, 6) is 1.38. The molecular formula is C14H17BrN6S. The fourth-order valence-corrected chi connectivity index (χ4v) is 3.51. The van der Waals surface area contributed by atoms with Gasteiger partial charge < -0.3 is 15.5 Å². The van der Waals surface area contributed by atoms with Crippen LogP contribution in [0.4, 0.5) is 5.95 Å². The molecule has 0 unspecified atom stereocenters. The van der Waals surface area contributed by atoms with E-state index in [2.05, 4.69) is 46.8 Å². The number of hydrogen-bond donors (Lipinski definition) is 1. The number of nitrogens with two attached hydrogens (primary N) is 1. The Balaban J connectivity index is 1.55. The van der Waals surface area contributed by atoms with Crippen LogP contribution in [0, 0.1) is 0 Å². The number of piperazine rings is 1. The largest absolute Gasteiger partial charge is 0.370 e. The molecule has 2 N–H and O–H groups in total. The lowest BCUT2D eigenvalue weighted by Gasteiger charge is -2.35. The van der Waals surface area contributed by atoms with Crippen molar-refractivity contribution in [2.24, 2.45) is 10.7 Å². The minimum Gasteiger partial charge on any atom is -0.370 e. The number of anilines is 1.